The van der Waals surface area contributed by atoms with Crippen LogP contribution in [-0.4, -0.2) is 54.9 Å². The summed E-state index contributed by atoms with van der Waals surface area (Å²) in [6, 6.07) is 9.44. The Morgan fingerprint density at radius 1 is 1.12 bits per heavy atom. The van der Waals surface area contributed by atoms with Crippen molar-refractivity contribution >= 4 is 40.6 Å². The van der Waals surface area contributed by atoms with E-state index >= 15 is 0 Å². The minimum Gasteiger partial charge on any atom is -0.444 e. The number of carbonyl (C=O) groups is 2. The fourth-order valence-electron chi connectivity index (χ4n) is 5.63. The van der Waals surface area contributed by atoms with E-state index in [1.54, 1.807) is 26.8 Å². The van der Waals surface area contributed by atoms with Gasteiger partial charge >= 0.3 is 6.09 Å². The van der Waals surface area contributed by atoms with Gasteiger partial charge in [0.25, 0.3) is 0 Å². The van der Waals surface area contributed by atoms with Gasteiger partial charge in [-0.1, -0.05) is 12.2 Å². The van der Waals surface area contributed by atoms with Gasteiger partial charge in [0.1, 0.15) is 17.5 Å². The van der Waals surface area contributed by atoms with Crippen molar-refractivity contribution in [2.24, 2.45) is 23.5 Å². The summed E-state index contributed by atoms with van der Waals surface area (Å²) >= 11 is 0. The first-order valence-corrected chi connectivity index (χ1v) is 13.5. The van der Waals surface area contributed by atoms with Gasteiger partial charge in [0.05, 0.1) is 41.8 Å². The minimum atomic E-state index is -0.660. The summed E-state index contributed by atoms with van der Waals surface area (Å²) < 4.78 is 11.0. The number of ether oxygens (including phenoxy) is 2. The maximum Gasteiger partial charge on any atom is 0.412 e. The van der Waals surface area contributed by atoms with E-state index in [2.05, 4.69) is 44.1 Å². The second-order valence-electron chi connectivity index (χ2n) is 11.4. The molecule has 2 aromatic rings. The highest BCUT2D eigenvalue weighted by Gasteiger charge is 2.47. The van der Waals surface area contributed by atoms with E-state index in [0.29, 0.717) is 41.7 Å². The number of morpholine rings is 1. The Balaban J connectivity index is 1.42. The minimum absolute atomic E-state index is 0.108. The van der Waals surface area contributed by atoms with Crippen LogP contribution in [0.25, 0.3) is 0 Å². The van der Waals surface area contributed by atoms with E-state index in [-0.39, 0.29) is 29.7 Å². The van der Waals surface area contributed by atoms with Crippen molar-refractivity contribution in [3.8, 4) is 6.07 Å². The van der Waals surface area contributed by atoms with Gasteiger partial charge < -0.3 is 30.7 Å². The molecule has 1 saturated heterocycles. The molecule has 1 aromatic carbocycles. The highest BCUT2D eigenvalue weighted by molar-refractivity contribution is 5.92. The zero-order valence-electron chi connectivity index (χ0n) is 22.9. The van der Waals surface area contributed by atoms with Crippen LogP contribution in [0.5, 0.6) is 0 Å². The molecule has 1 aliphatic heterocycles. The summed E-state index contributed by atoms with van der Waals surface area (Å²) in [5.41, 5.74) is 8.05. The van der Waals surface area contributed by atoms with Crippen LogP contribution in [0, 0.1) is 29.1 Å². The Hall–Kier alpha value is -4.30. The summed E-state index contributed by atoms with van der Waals surface area (Å²) in [7, 11) is 0. The maximum absolute atomic E-state index is 12.7. The quantitative estimate of drug-likeness (QED) is 0.378. The smallest absolute Gasteiger partial charge is 0.412 e. The first-order valence-electron chi connectivity index (χ1n) is 13.5. The molecular weight excluding hydrogens is 510 g/mol. The van der Waals surface area contributed by atoms with Gasteiger partial charge in [-0.3, -0.25) is 10.1 Å². The van der Waals surface area contributed by atoms with Crippen molar-refractivity contribution < 1.29 is 19.1 Å². The molecule has 1 saturated carbocycles. The lowest BCUT2D eigenvalue weighted by atomic mass is 9.88. The molecule has 11 nitrogen and oxygen atoms in total. The molecule has 2 amide bonds. The molecule has 2 heterocycles. The average Bonchev–Trinajstić information content (AvgIpc) is 3.51. The van der Waals surface area contributed by atoms with Gasteiger partial charge in [0.2, 0.25) is 5.91 Å². The van der Waals surface area contributed by atoms with Crippen molar-refractivity contribution in [1.29, 1.82) is 5.26 Å². The van der Waals surface area contributed by atoms with Crippen LogP contribution in [0.1, 0.15) is 32.8 Å². The summed E-state index contributed by atoms with van der Waals surface area (Å²) in [6.45, 7) is 8.17. The van der Waals surface area contributed by atoms with Gasteiger partial charge in [-0.15, -0.1) is 0 Å². The molecule has 0 spiro atoms. The van der Waals surface area contributed by atoms with Crippen LogP contribution in [0.15, 0.2) is 42.6 Å². The number of fused-ring (bicyclic) bond motifs is 2. The number of nitriles is 1. The zero-order valence-corrected chi connectivity index (χ0v) is 22.9. The summed E-state index contributed by atoms with van der Waals surface area (Å²) in [4.78, 5) is 31.5. The first-order chi connectivity index (χ1) is 19.1. The molecule has 0 unspecified atom stereocenters. The lowest BCUT2D eigenvalue weighted by Crippen LogP contribution is -2.41. The normalized spacial score (nSPS) is 23.4. The number of anilines is 5. The van der Waals surface area contributed by atoms with E-state index in [1.165, 1.54) is 6.20 Å². The summed E-state index contributed by atoms with van der Waals surface area (Å²) in [5, 5.41) is 19.3. The number of nitrogens with zero attached hydrogens (tertiary/aromatic N) is 3. The van der Waals surface area contributed by atoms with E-state index in [0.717, 1.165) is 25.2 Å². The second-order valence-corrected chi connectivity index (χ2v) is 11.4. The number of aromatic nitrogens is 1. The van der Waals surface area contributed by atoms with Gasteiger partial charge in [-0.25, -0.2) is 9.78 Å². The first kappa shape index (κ1) is 27.3. The van der Waals surface area contributed by atoms with Gasteiger partial charge in [-0.2, -0.15) is 5.26 Å². The molecule has 11 heteroatoms. The number of allylic oxidation sites excluding steroid dienone is 1. The second kappa shape index (κ2) is 11.1. The molecule has 4 atom stereocenters. The number of rotatable bonds is 7. The Bertz CT molecular complexity index is 1360. The number of pyridine rings is 1. The number of hydrogen-bond acceptors (Lipinski definition) is 9. The SMILES string of the molecule is CC(C)(C)OC(=O)Nc1cc(N2CCOCC2)ccc1Nc1cc(N[C@H]2[C@@H](C(N)=O)[C@@H]3C=C[C@H]2C3)c(C#N)cn1. The Morgan fingerprint density at radius 3 is 2.58 bits per heavy atom. The molecule has 5 rings (SSSR count). The lowest BCUT2D eigenvalue weighted by Gasteiger charge is -2.30. The van der Waals surface area contributed by atoms with Crippen molar-refractivity contribution in [2.75, 3.05) is 47.2 Å². The van der Waals surface area contributed by atoms with Crippen LogP contribution in [0.4, 0.5) is 33.4 Å². The van der Waals surface area contributed by atoms with Crippen molar-refractivity contribution in [3.05, 3.63) is 48.2 Å². The van der Waals surface area contributed by atoms with Crippen LogP contribution < -0.4 is 26.6 Å². The van der Waals surface area contributed by atoms with Gasteiger partial charge in [0.15, 0.2) is 0 Å². The highest BCUT2D eigenvalue weighted by Crippen LogP contribution is 2.45. The van der Waals surface area contributed by atoms with E-state index < -0.39 is 11.7 Å². The third-order valence-electron chi connectivity index (χ3n) is 7.41. The van der Waals surface area contributed by atoms with E-state index in [1.807, 2.05) is 18.2 Å². The summed E-state index contributed by atoms with van der Waals surface area (Å²) in [5.74, 6) is 0.0385. The third-order valence-corrected chi connectivity index (χ3v) is 7.41. The Labute approximate surface area is 233 Å². The molecule has 40 heavy (non-hydrogen) atoms. The molecule has 2 fully saturated rings. The molecule has 3 aliphatic rings. The zero-order chi connectivity index (χ0) is 28.4. The molecule has 5 N–H and O–H groups in total. The number of hydrogen-bond donors (Lipinski definition) is 4. The Morgan fingerprint density at radius 2 is 1.88 bits per heavy atom. The van der Waals surface area contributed by atoms with Crippen molar-refractivity contribution in [3.63, 3.8) is 0 Å². The molecule has 2 bridgehead atoms. The highest BCUT2D eigenvalue weighted by atomic mass is 16.6. The van der Waals surface area contributed by atoms with Crippen LogP contribution in [0.3, 0.4) is 0 Å². The van der Waals surface area contributed by atoms with Crippen molar-refractivity contribution in [2.45, 2.75) is 38.8 Å². The Kier molecular flexibility index (Phi) is 7.54. The fraction of sp³-hybridized carbons (Fsp3) is 0.448. The van der Waals surface area contributed by atoms with E-state index in [9.17, 15) is 14.9 Å². The largest absolute Gasteiger partial charge is 0.444 e. The van der Waals surface area contributed by atoms with Crippen LogP contribution >= 0.6 is 0 Å². The molecule has 210 valence electrons. The lowest BCUT2D eigenvalue weighted by molar-refractivity contribution is -0.122. The van der Waals surface area contributed by atoms with Gasteiger partial charge in [0, 0.05) is 37.1 Å². The number of benzene rings is 1. The topological polar surface area (TPSA) is 155 Å². The standard InChI is InChI=1S/C29H35N7O4/c1-29(2,3)40-28(38)35-23-13-20(36-8-10-39-11-9-36)6-7-21(23)33-24-14-22(19(15-30)16-32-24)34-26-18-5-4-17(12-18)25(26)27(31)37/h4-7,13-14,16-18,25-26H,8-12H2,1-3H3,(H2,31,37)(H,35,38)(H2,32,33,34)/t17-,18+,25+,26-/m1/s1. The molecular formula is C29H35N7O4. The molecule has 0 radical (unpaired) electrons. The maximum atomic E-state index is 12.7. The van der Waals surface area contributed by atoms with Gasteiger partial charge in [-0.05, 0) is 57.2 Å². The monoisotopic (exact) mass is 545 g/mol. The number of amides is 2. The third kappa shape index (κ3) is 5.97. The number of primary amides is 1. The van der Waals surface area contributed by atoms with Crippen molar-refractivity contribution in [1.82, 2.24) is 4.98 Å². The average molecular weight is 546 g/mol. The van der Waals surface area contributed by atoms with E-state index in [4.69, 9.17) is 15.2 Å². The predicted molar refractivity (Wildman–Crippen MR) is 152 cm³/mol. The fourth-order valence-corrected chi connectivity index (χ4v) is 5.63. The number of carbonyl (C=O) groups excluding carboxylic acids is 2. The van der Waals surface area contributed by atoms with Crippen LogP contribution in [0.2, 0.25) is 0 Å². The molecule has 2 aliphatic carbocycles. The van der Waals surface area contributed by atoms with Crippen LogP contribution in [-0.2, 0) is 14.3 Å². The number of nitrogens with one attached hydrogen (secondary N) is 3. The molecule has 1 aromatic heterocycles. The summed E-state index contributed by atoms with van der Waals surface area (Å²) in [6.07, 6.45) is 5.93. The predicted octanol–water partition coefficient (Wildman–Crippen LogP) is 3.97. The number of nitrogens with two attached hydrogens (primary N) is 1.